The van der Waals surface area contributed by atoms with Crippen LogP contribution in [0, 0.1) is 0 Å². The van der Waals surface area contributed by atoms with E-state index < -0.39 is 5.97 Å². The largest absolute Gasteiger partial charge is 0.478 e. The summed E-state index contributed by atoms with van der Waals surface area (Å²) in [7, 11) is 0. The molecule has 0 unspecified atom stereocenters. The van der Waals surface area contributed by atoms with Crippen molar-refractivity contribution in [2.24, 2.45) is 0 Å². The molecule has 16 heavy (non-hydrogen) atoms. The number of carboxylic acid groups (broad SMARTS) is 1. The molecule has 1 aromatic carbocycles. The third kappa shape index (κ3) is 2.08. The van der Waals surface area contributed by atoms with Crippen molar-refractivity contribution in [2.45, 2.75) is 26.2 Å². The standard InChI is InChI=1S/C13H14O3/c1-2-3-4-11-7-9-5-6-10(13(14)15)8-12(9)16-11/h5-8H,2-4H2,1H3,(H,14,15). The van der Waals surface area contributed by atoms with Gasteiger partial charge in [0.15, 0.2) is 0 Å². The Labute approximate surface area is 93.7 Å². The molecule has 0 fully saturated rings. The minimum atomic E-state index is -0.923. The van der Waals surface area contributed by atoms with E-state index in [2.05, 4.69) is 6.92 Å². The summed E-state index contributed by atoms with van der Waals surface area (Å²) in [4.78, 5) is 10.8. The fraction of sp³-hybridized carbons (Fsp3) is 0.308. The van der Waals surface area contributed by atoms with Gasteiger partial charge >= 0.3 is 5.97 Å². The minimum Gasteiger partial charge on any atom is -0.478 e. The second kappa shape index (κ2) is 4.39. The van der Waals surface area contributed by atoms with E-state index in [4.69, 9.17) is 9.52 Å². The van der Waals surface area contributed by atoms with E-state index in [1.165, 1.54) is 0 Å². The fourth-order valence-corrected chi connectivity index (χ4v) is 1.69. The lowest BCUT2D eigenvalue weighted by atomic mass is 10.1. The average Bonchev–Trinajstić information content (AvgIpc) is 2.67. The van der Waals surface area contributed by atoms with E-state index in [1.807, 2.05) is 6.07 Å². The highest BCUT2D eigenvalue weighted by atomic mass is 16.4. The van der Waals surface area contributed by atoms with E-state index in [-0.39, 0.29) is 5.56 Å². The summed E-state index contributed by atoms with van der Waals surface area (Å²) in [6.45, 7) is 2.13. The molecule has 0 amide bonds. The first-order valence-corrected chi connectivity index (χ1v) is 5.46. The maximum Gasteiger partial charge on any atom is 0.335 e. The number of furan rings is 1. The molecule has 0 aliphatic heterocycles. The van der Waals surface area contributed by atoms with Gasteiger partial charge in [0.25, 0.3) is 0 Å². The summed E-state index contributed by atoms with van der Waals surface area (Å²) in [5.41, 5.74) is 0.926. The second-order valence-electron chi connectivity index (χ2n) is 3.87. The summed E-state index contributed by atoms with van der Waals surface area (Å²) in [6.07, 6.45) is 3.12. The van der Waals surface area contributed by atoms with Crippen molar-refractivity contribution in [1.29, 1.82) is 0 Å². The van der Waals surface area contributed by atoms with Gasteiger partial charge in [-0.25, -0.2) is 4.79 Å². The van der Waals surface area contributed by atoms with Crippen LogP contribution in [-0.2, 0) is 6.42 Å². The van der Waals surface area contributed by atoms with Gasteiger partial charge in [-0.3, -0.25) is 0 Å². The van der Waals surface area contributed by atoms with Gasteiger partial charge in [0.1, 0.15) is 11.3 Å². The van der Waals surface area contributed by atoms with Crippen molar-refractivity contribution in [3.63, 3.8) is 0 Å². The van der Waals surface area contributed by atoms with Crippen molar-refractivity contribution in [2.75, 3.05) is 0 Å². The normalized spacial score (nSPS) is 10.8. The molecular formula is C13H14O3. The lowest BCUT2D eigenvalue weighted by Gasteiger charge is -1.93. The van der Waals surface area contributed by atoms with E-state index in [1.54, 1.807) is 18.2 Å². The van der Waals surface area contributed by atoms with Gasteiger partial charge in [-0.2, -0.15) is 0 Å². The maximum absolute atomic E-state index is 10.8. The number of unbranched alkanes of at least 4 members (excludes halogenated alkanes) is 1. The Hall–Kier alpha value is -1.77. The minimum absolute atomic E-state index is 0.267. The third-order valence-corrected chi connectivity index (χ3v) is 2.59. The van der Waals surface area contributed by atoms with Crippen LogP contribution in [0.15, 0.2) is 28.7 Å². The fourth-order valence-electron chi connectivity index (χ4n) is 1.69. The van der Waals surface area contributed by atoms with E-state index >= 15 is 0 Å². The van der Waals surface area contributed by atoms with Crippen molar-refractivity contribution in [1.82, 2.24) is 0 Å². The van der Waals surface area contributed by atoms with E-state index in [0.29, 0.717) is 5.58 Å². The molecule has 0 saturated carbocycles. The predicted octanol–water partition coefficient (Wildman–Crippen LogP) is 3.47. The summed E-state index contributed by atoms with van der Waals surface area (Å²) in [5.74, 6) is 0.00722. The highest BCUT2D eigenvalue weighted by Gasteiger charge is 2.07. The zero-order chi connectivity index (χ0) is 11.5. The summed E-state index contributed by atoms with van der Waals surface area (Å²) >= 11 is 0. The number of carboxylic acids is 1. The van der Waals surface area contributed by atoms with Crippen LogP contribution in [0.1, 0.15) is 35.9 Å². The molecule has 3 nitrogen and oxygen atoms in total. The topological polar surface area (TPSA) is 50.4 Å². The number of rotatable bonds is 4. The zero-order valence-electron chi connectivity index (χ0n) is 9.19. The van der Waals surface area contributed by atoms with Crippen LogP contribution < -0.4 is 0 Å². The average molecular weight is 218 g/mol. The first-order chi connectivity index (χ1) is 7.70. The monoisotopic (exact) mass is 218 g/mol. The SMILES string of the molecule is CCCCc1cc2ccc(C(=O)O)cc2o1. The number of hydrogen-bond donors (Lipinski definition) is 1. The number of carbonyl (C=O) groups is 1. The van der Waals surface area contributed by atoms with Gasteiger partial charge in [-0.05, 0) is 24.6 Å². The highest BCUT2D eigenvalue weighted by molar-refractivity contribution is 5.92. The molecule has 0 atom stereocenters. The van der Waals surface area contributed by atoms with E-state index in [0.717, 1.165) is 30.4 Å². The van der Waals surface area contributed by atoms with Crippen LogP contribution in [-0.4, -0.2) is 11.1 Å². The van der Waals surface area contributed by atoms with Crippen LogP contribution in [0.5, 0.6) is 0 Å². The lowest BCUT2D eigenvalue weighted by Crippen LogP contribution is -1.94. The van der Waals surface area contributed by atoms with Gasteiger partial charge < -0.3 is 9.52 Å². The molecule has 0 aliphatic rings. The molecule has 0 spiro atoms. The molecule has 0 radical (unpaired) electrons. The second-order valence-corrected chi connectivity index (χ2v) is 3.87. The Morgan fingerprint density at radius 1 is 1.38 bits per heavy atom. The molecule has 84 valence electrons. The summed E-state index contributed by atoms with van der Waals surface area (Å²) in [5, 5.41) is 9.82. The molecule has 1 aromatic heterocycles. The number of aromatic carboxylic acids is 1. The number of hydrogen-bond acceptors (Lipinski definition) is 2. The molecule has 0 bridgehead atoms. The zero-order valence-corrected chi connectivity index (χ0v) is 9.19. The molecule has 3 heteroatoms. The number of benzene rings is 1. The van der Waals surface area contributed by atoms with Crippen LogP contribution in [0.2, 0.25) is 0 Å². The van der Waals surface area contributed by atoms with Gasteiger partial charge in [0.2, 0.25) is 0 Å². The molecule has 0 aliphatic carbocycles. The van der Waals surface area contributed by atoms with Crippen LogP contribution in [0.3, 0.4) is 0 Å². The van der Waals surface area contributed by atoms with Crippen molar-refractivity contribution in [3.8, 4) is 0 Å². The maximum atomic E-state index is 10.8. The van der Waals surface area contributed by atoms with Crippen LogP contribution >= 0.6 is 0 Å². The Morgan fingerprint density at radius 3 is 2.88 bits per heavy atom. The lowest BCUT2D eigenvalue weighted by molar-refractivity contribution is 0.0697. The first kappa shape index (κ1) is 10.7. The Balaban J connectivity index is 2.34. The molecular weight excluding hydrogens is 204 g/mol. The van der Waals surface area contributed by atoms with Crippen LogP contribution in [0.25, 0.3) is 11.0 Å². The quantitative estimate of drug-likeness (QED) is 0.854. The molecule has 0 saturated heterocycles. The van der Waals surface area contributed by atoms with Gasteiger partial charge in [-0.1, -0.05) is 19.4 Å². The third-order valence-electron chi connectivity index (χ3n) is 2.59. The Morgan fingerprint density at radius 2 is 2.19 bits per heavy atom. The van der Waals surface area contributed by atoms with Crippen molar-refractivity contribution < 1.29 is 14.3 Å². The predicted molar refractivity (Wildman–Crippen MR) is 61.8 cm³/mol. The molecule has 1 N–H and O–H groups in total. The van der Waals surface area contributed by atoms with E-state index in [9.17, 15) is 4.79 Å². The van der Waals surface area contributed by atoms with Gasteiger partial charge in [0, 0.05) is 11.8 Å². The highest BCUT2D eigenvalue weighted by Crippen LogP contribution is 2.22. The van der Waals surface area contributed by atoms with Crippen molar-refractivity contribution >= 4 is 16.9 Å². The Kier molecular flexibility index (Phi) is 2.95. The molecule has 2 aromatic rings. The van der Waals surface area contributed by atoms with Gasteiger partial charge in [-0.15, -0.1) is 0 Å². The Bertz CT molecular complexity index is 511. The molecule has 2 rings (SSSR count). The summed E-state index contributed by atoms with van der Waals surface area (Å²) in [6, 6.07) is 6.95. The summed E-state index contributed by atoms with van der Waals surface area (Å²) < 4.78 is 5.60. The van der Waals surface area contributed by atoms with Crippen molar-refractivity contribution in [3.05, 3.63) is 35.6 Å². The molecule has 1 heterocycles. The number of fused-ring (bicyclic) bond motifs is 1. The van der Waals surface area contributed by atoms with Crippen LogP contribution in [0.4, 0.5) is 0 Å². The smallest absolute Gasteiger partial charge is 0.335 e. The first-order valence-electron chi connectivity index (χ1n) is 5.46. The number of aryl methyl sites for hydroxylation is 1. The van der Waals surface area contributed by atoms with Gasteiger partial charge in [0.05, 0.1) is 5.56 Å².